The van der Waals surface area contributed by atoms with Gasteiger partial charge in [0.1, 0.15) is 0 Å². The van der Waals surface area contributed by atoms with Crippen LogP contribution < -0.4 is 5.32 Å². The van der Waals surface area contributed by atoms with Crippen molar-refractivity contribution in [2.24, 2.45) is 0 Å². The first-order valence-corrected chi connectivity index (χ1v) is 8.87. The molecule has 2 amide bonds. The summed E-state index contributed by atoms with van der Waals surface area (Å²) in [7, 11) is -3.49. The highest BCUT2D eigenvalue weighted by atomic mass is 32.2. The van der Waals surface area contributed by atoms with Crippen molar-refractivity contribution < 1.29 is 13.2 Å². The Morgan fingerprint density at radius 2 is 1.73 bits per heavy atom. The summed E-state index contributed by atoms with van der Waals surface area (Å²) in [6.45, 7) is 7.05. The van der Waals surface area contributed by atoms with Crippen molar-refractivity contribution in [2.45, 2.75) is 31.7 Å². The van der Waals surface area contributed by atoms with E-state index in [4.69, 9.17) is 0 Å². The van der Waals surface area contributed by atoms with E-state index >= 15 is 0 Å². The first-order valence-electron chi connectivity index (χ1n) is 7.43. The zero-order valence-electron chi connectivity index (χ0n) is 13.2. The second kappa shape index (κ2) is 6.66. The molecule has 0 aliphatic carbocycles. The molecule has 1 aliphatic rings. The molecule has 22 heavy (non-hydrogen) atoms. The topological polar surface area (TPSA) is 69.7 Å². The summed E-state index contributed by atoms with van der Waals surface area (Å²) in [4.78, 5) is 13.9. The van der Waals surface area contributed by atoms with E-state index in [0.717, 1.165) is 5.56 Å². The smallest absolute Gasteiger partial charge is 0.317 e. The Bertz CT molecular complexity index is 635. The fourth-order valence-electron chi connectivity index (χ4n) is 2.45. The van der Waals surface area contributed by atoms with Gasteiger partial charge in [-0.05, 0) is 32.4 Å². The summed E-state index contributed by atoms with van der Waals surface area (Å²) >= 11 is 0. The lowest BCUT2D eigenvalue weighted by Gasteiger charge is -2.34. The van der Waals surface area contributed by atoms with Crippen LogP contribution in [0.1, 0.15) is 19.4 Å². The summed E-state index contributed by atoms with van der Waals surface area (Å²) < 4.78 is 26.8. The van der Waals surface area contributed by atoms with Crippen LogP contribution in [0.25, 0.3) is 0 Å². The Labute approximate surface area is 132 Å². The van der Waals surface area contributed by atoms with E-state index in [1.54, 1.807) is 30.0 Å². The van der Waals surface area contributed by atoms with Gasteiger partial charge in [-0.1, -0.05) is 18.2 Å². The average molecular weight is 325 g/mol. The highest BCUT2D eigenvalue weighted by molar-refractivity contribution is 7.89. The third-order valence-electron chi connectivity index (χ3n) is 3.65. The van der Waals surface area contributed by atoms with Crippen LogP contribution in [0.2, 0.25) is 0 Å². The molecule has 1 aromatic rings. The molecule has 1 aliphatic heterocycles. The van der Waals surface area contributed by atoms with Crippen molar-refractivity contribution in [3.63, 3.8) is 0 Å². The van der Waals surface area contributed by atoms with Gasteiger partial charge in [0, 0.05) is 32.2 Å². The highest BCUT2D eigenvalue weighted by Crippen LogP contribution is 2.20. The molecule has 2 rings (SSSR count). The zero-order valence-corrected chi connectivity index (χ0v) is 14.1. The molecule has 0 unspecified atom stereocenters. The zero-order chi connectivity index (χ0) is 16.3. The van der Waals surface area contributed by atoms with Gasteiger partial charge in [0.25, 0.3) is 0 Å². The molecule has 0 atom stereocenters. The van der Waals surface area contributed by atoms with Crippen molar-refractivity contribution in [1.82, 2.24) is 14.5 Å². The predicted molar refractivity (Wildman–Crippen MR) is 85.2 cm³/mol. The molecule has 0 saturated carbocycles. The number of carbonyl (C=O) groups is 1. The van der Waals surface area contributed by atoms with Crippen LogP contribution in [0.15, 0.2) is 29.2 Å². The molecule has 1 heterocycles. The van der Waals surface area contributed by atoms with E-state index in [2.05, 4.69) is 5.32 Å². The number of hydrogen-bond acceptors (Lipinski definition) is 3. The number of piperazine rings is 1. The standard InChI is InChI=1S/C15H23N3O3S/c1-12(2)16-15(19)17-8-10-18(11-9-17)22(20,21)14-7-5-4-6-13(14)3/h4-7,12H,8-11H2,1-3H3,(H,16,19). The number of benzene rings is 1. The summed E-state index contributed by atoms with van der Waals surface area (Å²) in [5.41, 5.74) is 0.738. The van der Waals surface area contributed by atoms with Gasteiger partial charge >= 0.3 is 6.03 Å². The number of amides is 2. The maximum Gasteiger partial charge on any atom is 0.317 e. The van der Waals surface area contributed by atoms with Gasteiger partial charge in [-0.15, -0.1) is 0 Å². The number of urea groups is 1. The quantitative estimate of drug-likeness (QED) is 0.914. The summed E-state index contributed by atoms with van der Waals surface area (Å²) in [6.07, 6.45) is 0. The first-order chi connectivity index (χ1) is 10.3. The number of hydrogen-bond donors (Lipinski definition) is 1. The molecule has 0 bridgehead atoms. The fraction of sp³-hybridized carbons (Fsp3) is 0.533. The van der Waals surface area contributed by atoms with Crippen LogP contribution in [0.4, 0.5) is 4.79 Å². The Balaban J connectivity index is 2.05. The minimum Gasteiger partial charge on any atom is -0.336 e. The maximum absolute atomic E-state index is 12.7. The second-order valence-corrected chi connectivity index (χ2v) is 7.67. The van der Waals surface area contributed by atoms with E-state index in [0.29, 0.717) is 31.1 Å². The van der Waals surface area contributed by atoms with Crippen molar-refractivity contribution in [2.75, 3.05) is 26.2 Å². The van der Waals surface area contributed by atoms with Crippen molar-refractivity contribution in [1.29, 1.82) is 0 Å². The lowest BCUT2D eigenvalue weighted by molar-refractivity contribution is 0.170. The van der Waals surface area contributed by atoms with Gasteiger partial charge in [0.2, 0.25) is 10.0 Å². The van der Waals surface area contributed by atoms with Gasteiger partial charge in [0.15, 0.2) is 0 Å². The number of nitrogens with zero attached hydrogens (tertiary/aromatic N) is 2. The van der Waals surface area contributed by atoms with Gasteiger partial charge in [-0.2, -0.15) is 4.31 Å². The van der Waals surface area contributed by atoms with Crippen molar-refractivity contribution >= 4 is 16.1 Å². The largest absolute Gasteiger partial charge is 0.336 e. The van der Waals surface area contributed by atoms with Crippen LogP contribution in [-0.4, -0.2) is 55.9 Å². The molecule has 0 radical (unpaired) electrons. The lowest BCUT2D eigenvalue weighted by atomic mass is 10.2. The third-order valence-corrected chi connectivity index (χ3v) is 5.71. The summed E-state index contributed by atoms with van der Waals surface area (Å²) in [5, 5.41) is 2.83. The average Bonchev–Trinajstić information content (AvgIpc) is 2.47. The minimum atomic E-state index is -3.49. The number of rotatable bonds is 3. The molecule has 122 valence electrons. The van der Waals surface area contributed by atoms with Crippen molar-refractivity contribution in [3.8, 4) is 0 Å². The Morgan fingerprint density at radius 1 is 1.14 bits per heavy atom. The number of aryl methyl sites for hydroxylation is 1. The summed E-state index contributed by atoms with van der Waals surface area (Å²) in [6, 6.07) is 6.90. The molecule has 1 N–H and O–H groups in total. The molecule has 0 aromatic heterocycles. The molecule has 6 nitrogen and oxygen atoms in total. The fourth-order valence-corrected chi connectivity index (χ4v) is 4.10. The second-order valence-electron chi connectivity index (χ2n) is 5.76. The summed E-state index contributed by atoms with van der Waals surface area (Å²) in [5.74, 6) is 0. The third kappa shape index (κ3) is 3.59. The van der Waals surface area contributed by atoms with Crippen molar-refractivity contribution in [3.05, 3.63) is 29.8 Å². The lowest BCUT2D eigenvalue weighted by Crippen LogP contribution is -2.54. The molecule has 1 fully saturated rings. The van der Waals surface area contributed by atoms with E-state index in [9.17, 15) is 13.2 Å². The monoisotopic (exact) mass is 325 g/mol. The van der Waals surface area contributed by atoms with Crippen LogP contribution in [0.3, 0.4) is 0 Å². The van der Waals surface area contributed by atoms with Crippen LogP contribution in [0, 0.1) is 6.92 Å². The van der Waals surface area contributed by atoms with Gasteiger partial charge < -0.3 is 10.2 Å². The van der Waals surface area contributed by atoms with E-state index in [1.807, 2.05) is 19.9 Å². The molecule has 7 heteroatoms. The molecule has 0 spiro atoms. The van der Waals surface area contributed by atoms with Crippen LogP contribution in [0.5, 0.6) is 0 Å². The normalized spacial score (nSPS) is 16.8. The Hall–Kier alpha value is -1.60. The molecule has 1 saturated heterocycles. The predicted octanol–water partition coefficient (Wildman–Crippen LogP) is 1.42. The first kappa shape index (κ1) is 16.8. The minimum absolute atomic E-state index is 0.0706. The van der Waals surface area contributed by atoms with E-state index in [1.165, 1.54) is 4.31 Å². The Kier molecular flexibility index (Phi) is 5.08. The highest BCUT2D eigenvalue weighted by Gasteiger charge is 2.30. The van der Waals surface area contributed by atoms with E-state index < -0.39 is 10.0 Å². The number of nitrogens with one attached hydrogen (secondary N) is 1. The van der Waals surface area contributed by atoms with Gasteiger partial charge in [-0.25, -0.2) is 13.2 Å². The van der Waals surface area contributed by atoms with Crippen LogP contribution >= 0.6 is 0 Å². The molecular formula is C15H23N3O3S. The van der Waals surface area contributed by atoms with Gasteiger partial charge in [0.05, 0.1) is 4.90 Å². The van der Waals surface area contributed by atoms with Gasteiger partial charge in [-0.3, -0.25) is 0 Å². The van der Waals surface area contributed by atoms with E-state index in [-0.39, 0.29) is 12.1 Å². The molecule has 1 aromatic carbocycles. The molecular weight excluding hydrogens is 302 g/mol. The number of sulfonamides is 1. The number of carbonyl (C=O) groups excluding carboxylic acids is 1. The Morgan fingerprint density at radius 3 is 2.27 bits per heavy atom. The maximum atomic E-state index is 12.7. The van der Waals surface area contributed by atoms with Crippen LogP contribution in [-0.2, 0) is 10.0 Å². The SMILES string of the molecule is Cc1ccccc1S(=O)(=O)N1CCN(C(=O)NC(C)C)CC1.